The number of fused-ring (bicyclic) bond motifs is 1. The maximum Gasteiger partial charge on any atom is 0.257 e. The number of rotatable bonds is 4. The summed E-state index contributed by atoms with van der Waals surface area (Å²) >= 11 is 14.4. The summed E-state index contributed by atoms with van der Waals surface area (Å²) in [6, 6.07) is 5.05. The lowest BCUT2D eigenvalue weighted by Gasteiger charge is -2.15. The fourth-order valence-corrected chi connectivity index (χ4v) is 4.79. The largest absolute Gasteiger partial charge is 0.610 e. The van der Waals surface area contributed by atoms with Crippen LogP contribution in [0.1, 0.15) is 28.7 Å². The number of carbonyl (C=O) groups is 1. The third-order valence-corrected chi connectivity index (χ3v) is 6.09. The van der Waals surface area contributed by atoms with Gasteiger partial charge in [-0.1, -0.05) is 28.4 Å². The van der Waals surface area contributed by atoms with Crippen LogP contribution in [0.5, 0.6) is 0 Å². The van der Waals surface area contributed by atoms with Gasteiger partial charge in [-0.25, -0.2) is 4.98 Å². The van der Waals surface area contributed by atoms with E-state index in [2.05, 4.69) is 26.1 Å². The van der Waals surface area contributed by atoms with E-state index >= 15 is 0 Å². The molecule has 0 amide bonds. The molecule has 3 rings (SSSR count). The van der Waals surface area contributed by atoms with Gasteiger partial charge >= 0.3 is 0 Å². The number of nitrogens with zero attached hydrogens (tertiary/aromatic N) is 2. The van der Waals surface area contributed by atoms with Crippen molar-refractivity contribution in [3.63, 3.8) is 0 Å². The van der Waals surface area contributed by atoms with Crippen LogP contribution in [0.3, 0.4) is 0 Å². The first-order valence-electron chi connectivity index (χ1n) is 7.08. The zero-order valence-corrected chi connectivity index (χ0v) is 17.0. The standard InChI is InChI=1S/C16H11BrCl2N2O3S/c1-7-5-9(21-24-7)6-25(23)16-12(8(2)22)14(19)13-11(18)4-3-10(17)15(13)20-16/h3-5H,6H2,1-2H3. The summed E-state index contributed by atoms with van der Waals surface area (Å²) in [5.74, 6) is 0.331. The summed E-state index contributed by atoms with van der Waals surface area (Å²) in [5, 5.41) is 4.88. The first-order valence-corrected chi connectivity index (χ1v) is 9.95. The van der Waals surface area contributed by atoms with Crippen molar-refractivity contribution in [3.05, 3.63) is 49.7 Å². The molecule has 5 nitrogen and oxygen atoms in total. The molecule has 0 spiro atoms. The molecule has 9 heteroatoms. The van der Waals surface area contributed by atoms with Crippen molar-refractivity contribution in [2.45, 2.75) is 24.6 Å². The SMILES string of the molecule is CC(=O)c1c([S+]([O-])Cc2cc(C)on2)nc2c(Br)ccc(Cl)c2c1Cl. The Balaban J connectivity index is 2.20. The molecule has 25 heavy (non-hydrogen) atoms. The number of aromatic nitrogens is 2. The maximum atomic E-state index is 12.8. The molecule has 0 bridgehead atoms. The van der Waals surface area contributed by atoms with Crippen LogP contribution in [0.25, 0.3) is 10.9 Å². The summed E-state index contributed by atoms with van der Waals surface area (Å²) in [6.45, 7) is 3.09. The molecular weight excluding hydrogens is 451 g/mol. The lowest BCUT2D eigenvalue weighted by Crippen LogP contribution is -2.14. The molecule has 1 unspecified atom stereocenters. The fraction of sp³-hybridized carbons (Fsp3) is 0.188. The van der Waals surface area contributed by atoms with Gasteiger partial charge in [-0.05, 0) is 41.9 Å². The Morgan fingerprint density at radius 3 is 2.72 bits per heavy atom. The average Bonchev–Trinajstić information content (AvgIpc) is 2.94. The van der Waals surface area contributed by atoms with Gasteiger partial charge in [0.1, 0.15) is 17.0 Å². The molecule has 2 heterocycles. The van der Waals surface area contributed by atoms with Crippen LogP contribution in [0.15, 0.2) is 32.2 Å². The molecule has 130 valence electrons. The van der Waals surface area contributed by atoms with Crippen LogP contribution in [0.4, 0.5) is 0 Å². The van der Waals surface area contributed by atoms with E-state index in [0.717, 1.165) is 0 Å². The molecule has 0 aliphatic heterocycles. The zero-order chi connectivity index (χ0) is 18.3. The average molecular weight is 462 g/mol. The first-order chi connectivity index (χ1) is 11.8. The van der Waals surface area contributed by atoms with E-state index in [1.165, 1.54) is 6.92 Å². The van der Waals surface area contributed by atoms with Crippen molar-refractivity contribution in [2.75, 3.05) is 0 Å². The Labute approximate surface area is 165 Å². The molecule has 0 aliphatic rings. The van der Waals surface area contributed by atoms with Crippen molar-refractivity contribution in [1.29, 1.82) is 0 Å². The maximum absolute atomic E-state index is 12.8. The molecule has 0 aliphatic carbocycles. The van der Waals surface area contributed by atoms with Crippen LogP contribution >= 0.6 is 39.1 Å². The third-order valence-electron chi connectivity index (χ3n) is 3.47. The summed E-state index contributed by atoms with van der Waals surface area (Å²) in [5.41, 5.74) is 1.06. The molecular formula is C16H11BrCl2N2O3S. The molecule has 0 saturated carbocycles. The van der Waals surface area contributed by atoms with Crippen LogP contribution in [-0.4, -0.2) is 20.5 Å². The second-order valence-corrected chi connectivity index (χ2v) is 8.34. The van der Waals surface area contributed by atoms with Gasteiger partial charge in [0.15, 0.2) is 11.5 Å². The van der Waals surface area contributed by atoms with Crippen LogP contribution in [-0.2, 0) is 16.9 Å². The molecule has 0 N–H and O–H groups in total. The molecule has 1 aromatic carbocycles. The number of benzene rings is 1. The Morgan fingerprint density at radius 1 is 1.40 bits per heavy atom. The van der Waals surface area contributed by atoms with Gasteiger partial charge in [0, 0.05) is 27.1 Å². The smallest absolute Gasteiger partial charge is 0.257 e. The van der Waals surface area contributed by atoms with E-state index in [4.69, 9.17) is 27.7 Å². The van der Waals surface area contributed by atoms with E-state index in [9.17, 15) is 9.35 Å². The van der Waals surface area contributed by atoms with Gasteiger partial charge < -0.3 is 9.08 Å². The Hall–Kier alpha value is -1.12. The number of aryl methyl sites for hydroxylation is 1. The quantitative estimate of drug-likeness (QED) is 0.398. The summed E-state index contributed by atoms with van der Waals surface area (Å²) in [7, 11) is 0. The van der Waals surface area contributed by atoms with E-state index in [-0.39, 0.29) is 27.1 Å². The van der Waals surface area contributed by atoms with Gasteiger partial charge in [0.25, 0.3) is 5.03 Å². The highest BCUT2D eigenvalue weighted by Gasteiger charge is 2.28. The Kier molecular flexibility index (Phi) is 5.41. The minimum absolute atomic E-state index is 0.0602. The van der Waals surface area contributed by atoms with Gasteiger partial charge in [-0.15, -0.1) is 0 Å². The molecule has 0 fully saturated rings. The van der Waals surface area contributed by atoms with Gasteiger partial charge in [-0.3, -0.25) is 4.79 Å². The second kappa shape index (κ2) is 7.25. The number of hydrogen-bond acceptors (Lipinski definition) is 5. The summed E-state index contributed by atoms with van der Waals surface area (Å²) in [4.78, 5) is 16.6. The second-order valence-electron chi connectivity index (χ2n) is 5.33. The van der Waals surface area contributed by atoms with Crippen molar-refractivity contribution in [3.8, 4) is 0 Å². The van der Waals surface area contributed by atoms with Crippen molar-refractivity contribution >= 4 is 67.0 Å². The fourth-order valence-electron chi connectivity index (χ4n) is 2.39. The number of hydrogen-bond donors (Lipinski definition) is 0. The lowest BCUT2D eigenvalue weighted by molar-refractivity contribution is 0.101. The van der Waals surface area contributed by atoms with E-state index < -0.39 is 11.2 Å². The highest BCUT2D eigenvalue weighted by molar-refractivity contribution is 9.10. The minimum atomic E-state index is -1.64. The van der Waals surface area contributed by atoms with E-state index in [1.807, 2.05) is 0 Å². The van der Waals surface area contributed by atoms with Crippen LogP contribution in [0, 0.1) is 6.92 Å². The third kappa shape index (κ3) is 3.57. The predicted octanol–water partition coefficient (Wildman–Crippen LogP) is 5.11. The van der Waals surface area contributed by atoms with Gasteiger partial charge in [0.2, 0.25) is 0 Å². The minimum Gasteiger partial charge on any atom is -0.610 e. The number of Topliss-reactive ketones (excluding diaryl/α,β-unsaturated/α-hetero) is 1. The zero-order valence-electron chi connectivity index (χ0n) is 13.1. The van der Waals surface area contributed by atoms with Gasteiger partial charge in [-0.2, -0.15) is 0 Å². The monoisotopic (exact) mass is 460 g/mol. The molecule has 1 atom stereocenters. The van der Waals surface area contributed by atoms with Crippen LogP contribution < -0.4 is 0 Å². The molecule has 0 radical (unpaired) electrons. The Morgan fingerprint density at radius 2 is 2.12 bits per heavy atom. The number of halogens is 3. The van der Waals surface area contributed by atoms with E-state index in [0.29, 0.717) is 31.9 Å². The highest BCUT2D eigenvalue weighted by atomic mass is 79.9. The van der Waals surface area contributed by atoms with Crippen LogP contribution in [0.2, 0.25) is 10.0 Å². The molecule has 2 aromatic heterocycles. The number of ketones is 1. The van der Waals surface area contributed by atoms with Crippen molar-refractivity contribution < 1.29 is 13.9 Å². The predicted molar refractivity (Wildman–Crippen MR) is 101 cm³/mol. The highest BCUT2D eigenvalue weighted by Crippen LogP contribution is 2.38. The first kappa shape index (κ1) is 18.7. The number of carbonyl (C=O) groups excluding carboxylic acids is 1. The normalized spacial score (nSPS) is 12.6. The number of pyridine rings is 1. The molecule has 0 saturated heterocycles. The topological polar surface area (TPSA) is 79.0 Å². The van der Waals surface area contributed by atoms with Crippen molar-refractivity contribution in [2.24, 2.45) is 0 Å². The van der Waals surface area contributed by atoms with Gasteiger partial charge in [0.05, 0.1) is 15.6 Å². The van der Waals surface area contributed by atoms with E-state index in [1.54, 1.807) is 25.1 Å². The summed E-state index contributed by atoms with van der Waals surface area (Å²) in [6.07, 6.45) is 0. The van der Waals surface area contributed by atoms with Crippen molar-refractivity contribution in [1.82, 2.24) is 10.1 Å². The Bertz CT molecular complexity index is 993. The summed E-state index contributed by atoms with van der Waals surface area (Å²) < 4.78 is 18.5. The lowest BCUT2D eigenvalue weighted by atomic mass is 10.1. The molecule has 3 aromatic rings.